The van der Waals surface area contributed by atoms with Crippen molar-refractivity contribution in [1.29, 1.82) is 0 Å². The third kappa shape index (κ3) is 4.57. The average Bonchev–Trinajstić information content (AvgIpc) is 2.82. The van der Waals surface area contributed by atoms with Gasteiger partial charge < -0.3 is 14.8 Å². The van der Waals surface area contributed by atoms with Crippen LogP contribution in [0.5, 0.6) is 5.75 Å². The third-order valence-electron chi connectivity index (χ3n) is 3.05. The van der Waals surface area contributed by atoms with Gasteiger partial charge in [0, 0.05) is 18.2 Å². The van der Waals surface area contributed by atoms with Crippen molar-refractivity contribution in [3.8, 4) is 5.75 Å². The number of rotatable bonds is 7. The fraction of sp³-hybridized carbons (Fsp3) is 0.333. The van der Waals surface area contributed by atoms with Gasteiger partial charge in [0.25, 0.3) is 0 Å². The summed E-state index contributed by atoms with van der Waals surface area (Å²) in [5.41, 5.74) is 1.21. The molecule has 0 aliphatic heterocycles. The number of thiazole rings is 1. The molecule has 1 aromatic carbocycles. The number of carbonyl (C=O) groups excluding carboxylic acids is 1. The molecule has 0 saturated carbocycles. The van der Waals surface area contributed by atoms with E-state index in [0.717, 1.165) is 17.0 Å². The Balaban J connectivity index is 2.11. The SMILES string of the molecule is COCCOc1c(Cl)cccc1NC(=O)Cn1c(C)csc1=O. The summed E-state index contributed by atoms with van der Waals surface area (Å²) in [6.07, 6.45) is 0. The minimum Gasteiger partial charge on any atom is -0.487 e. The number of ether oxygens (including phenoxy) is 2. The highest BCUT2D eigenvalue weighted by atomic mass is 35.5. The van der Waals surface area contributed by atoms with Crippen molar-refractivity contribution in [1.82, 2.24) is 4.57 Å². The molecule has 0 aliphatic rings. The quantitative estimate of drug-likeness (QED) is 0.774. The molecule has 1 N–H and O–H groups in total. The van der Waals surface area contributed by atoms with Crippen LogP contribution < -0.4 is 14.9 Å². The number of para-hydroxylation sites is 1. The van der Waals surface area contributed by atoms with Crippen molar-refractivity contribution in [2.45, 2.75) is 13.5 Å². The van der Waals surface area contributed by atoms with E-state index >= 15 is 0 Å². The van der Waals surface area contributed by atoms with Crippen LogP contribution in [0.15, 0.2) is 28.4 Å². The summed E-state index contributed by atoms with van der Waals surface area (Å²) >= 11 is 7.18. The molecular formula is C15H17ClN2O4S. The van der Waals surface area contributed by atoms with Crippen molar-refractivity contribution >= 4 is 34.5 Å². The third-order valence-corrected chi connectivity index (χ3v) is 4.23. The number of anilines is 1. The molecule has 23 heavy (non-hydrogen) atoms. The van der Waals surface area contributed by atoms with Crippen LogP contribution >= 0.6 is 22.9 Å². The van der Waals surface area contributed by atoms with Crippen LogP contribution in [0.4, 0.5) is 5.69 Å². The van der Waals surface area contributed by atoms with Gasteiger partial charge in [0.2, 0.25) is 5.91 Å². The minimum absolute atomic E-state index is 0.0574. The lowest BCUT2D eigenvalue weighted by molar-refractivity contribution is -0.116. The average molecular weight is 357 g/mol. The Morgan fingerprint density at radius 3 is 2.83 bits per heavy atom. The van der Waals surface area contributed by atoms with Crippen LogP contribution in [0.2, 0.25) is 5.02 Å². The number of aromatic nitrogens is 1. The molecule has 8 heteroatoms. The lowest BCUT2D eigenvalue weighted by Gasteiger charge is -2.14. The molecule has 1 amide bonds. The van der Waals surface area contributed by atoms with Gasteiger partial charge in [0.1, 0.15) is 13.2 Å². The number of amides is 1. The summed E-state index contributed by atoms with van der Waals surface area (Å²) in [6.45, 7) is 2.44. The summed E-state index contributed by atoms with van der Waals surface area (Å²) in [5.74, 6) is 0.0569. The van der Waals surface area contributed by atoms with Crippen LogP contribution in [-0.2, 0) is 16.1 Å². The van der Waals surface area contributed by atoms with Crippen molar-refractivity contribution in [3.05, 3.63) is 44.0 Å². The highest BCUT2D eigenvalue weighted by Gasteiger charge is 2.13. The van der Waals surface area contributed by atoms with Gasteiger partial charge in [0.15, 0.2) is 5.75 Å². The largest absolute Gasteiger partial charge is 0.487 e. The molecule has 1 heterocycles. The Hall–Kier alpha value is -1.83. The number of nitrogens with one attached hydrogen (secondary N) is 1. The van der Waals surface area contributed by atoms with Crippen molar-refractivity contribution in [3.63, 3.8) is 0 Å². The van der Waals surface area contributed by atoms with E-state index in [0.29, 0.717) is 29.7 Å². The first-order valence-electron chi connectivity index (χ1n) is 6.88. The molecule has 0 bridgehead atoms. The van der Waals surface area contributed by atoms with Gasteiger partial charge in [-0.05, 0) is 19.1 Å². The first-order valence-corrected chi connectivity index (χ1v) is 8.13. The molecule has 0 saturated heterocycles. The van der Waals surface area contributed by atoms with E-state index in [1.54, 1.807) is 37.6 Å². The number of benzene rings is 1. The number of nitrogens with zero attached hydrogens (tertiary/aromatic N) is 1. The second kappa shape index (κ2) is 8.14. The van der Waals surface area contributed by atoms with Crippen LogP contribution in [0, 0.1) is 6.92 Å². The zero-order valence-electron chi connectivity index (χ0n) is 12.8. The Morgan fingerprint density at radius 1 is 1.39 bits per heavy atom. The Morgan fingerprint density at radius 2 is 2.17 bits per heavy atom. The summed E-state index contributed by atoms with van der Waals surface area (Å²) in [6, 6.07) is 5.07. The molecule has 124 valence electrons. The number of aryl methyl sites for hydroxylation is 1. The number of halogens is 1. The smallest absolute Gasteiger partial charge is 0.307 e. The van der Waals surface area contributed by atoms with Crippen LogP contribution in [0.25, 0.3) is 0 Å². The topological polar surface area (TPSA) is 69.6 Å². The maximum absolute atomic E-state index is 12.2. The molecule has 0 fully saturated rings. The molecular weight excluding hydrogens is 340 g/mol. The van der Waals surface area contributed by atoms with Crippen molar-refractivity contribution in [2.75, 3.05) is 25.6 Å². The van der Waals surface area contributed by atoms with E-state index in [-0.39, 0.29) is 17.3 Å². The van der Waals surface area contributed by atoms with E-state index in [1.807, 2.05) is 0 Å². The first kappa shape index (κ1) is 17.5. The van der Waals surface area contributed by atoms with E-state index in [4.69, 9.17) is 21.1 Å². The van der Waals surface area contributed by atoms with Crippen LogP contribution in [0.1, 0.15) is 5.69 Å². The number of hydrogen-bond acceptors (Lipinski definition) is 5. The Kier molecular flexibility index (Phi) is 6.20. The van der Waals surface area contributed by atoms with E-state index in [1.165, 1.54) is 4.57 Å². The molecule has 0 spiro atoms. The van der Waals surface area contributed by atoms with Crippen LogP contribution in [0.3, 0.4) is 0 Å². The lowest BCUT2D eigenvalue weighted by atomic mass is 10.3. The molecule has 0 atom stereocenters. The zero-order chi connectivity index (χ0) is 16.8. The van der Waals surface area contributed by atoms with E-state index < -0.39 is 0 Å². The van der Waals surface area contributed by atoms with Gasteiger partial charge >= 0.3 is 4.87 Å². The first-order chi connectivity index (χ1) is 11.0. The van der Waals surface area contributed by atoms with Gasteiger partial charge in [-0.25, -0.2) is 0 Å². The van der Waals surface area contributed by atoms with Crippen molar-refractivity contribution < 1.29 is 14.3 Å². The van der Waals surface area contributed by atoms with Crippen molar-refractivity contribution in [2.24, 2.45) is 0 Å². The molecule has 0 aliphatic carbocycles. The number of methoxy groups -OCH3 is 1. The predicted molar refractivity (Wildman–Crippen MR) is 90.8 cm³/mol. The summed E-state index contributed by atoms with van der Waals surface area (Å²) in [5, 5.41) is 4.83. The fourth-order valence-electron chi connectivity index (χ4n) is 1.91. The van der Waals surface area contributed by atoms with E-state index in [9.17, 15) is 9.59 Å². The zero-order valence-corrected chi connectivity index (χ0v) is 14.4. The number of hydrogen-bond donors (Lipinski definition) is 1. The minimum atomic E-state index is -0.326. The predicted octanol–water partition coefficient (Wildman–Crippen LogP) is 2.54. The molecule has 2 rings (SSSR count). The van der Waals surface area contributed by atoms with E-state index in [2.05, 4.69) is 5.32 Å². The molecule has 2 aromatic rings. The standard InChI is InChI=1S/C15H17ClN2O4S/c1-10-9-23-15(20)18(10)8-13(19)17-12-5-3-4-11(16)14(12)22-7-6-21-2/h3-5,9H,6-8H2,1-2H3,(H,17,19). The molecule has 0 unspecified atom stereocenters. The van der Waals surface area contributed by atoms with Gasteiger partial charge in [0.05, 0.1) is 17.3 Å². The summed E-state index contributed by atoms with van der Waals surface area (Å²) < 4.78 is 11.9. The van der Waals surface area contributed by atoms with Crippen LogP contribution in [-0.4, -0.2) is 30.8 Å². The monoisotopic (exact) mass is 356 g/mol. The fourth-order valence-corrected chi connectivity index (χ4v) is 2.87. The highest BCUT2D eigenvalue weighted by molar-refractivity contribution is 7.07. The maximum Gasteiger partial charge on any atom is 0.307 e. The normalized spacial score (nSPS) is 10.6. The van der Waals surface area contributed by atoms with Gasteiger partial charge in [-0.1, -0.05) is 29.0 Å². The van der Waals surface area contributed by atoms with Gasteiger partial charge in [-0.3, -0.25) is 14.2 Å². The number of carbonyl (C=O) groups is 1. The molecule has 1 aromatic heterocycles. The molecule has 6 nitrogen and oxygen atoms in total. The van der Waals surface area contributed by atoms with Gasteiger partial charge in [-0.15, -0.1) is 0 Å². The second-order valence-corrected chi connectivity index (χ2v) is 5.96. The molecule has 0 radical (unpaired) electrons. The second-order valence-electron chi connectivity index (χ2n) is 4.74. The summed E-state index contributed by atoms with van der Waals surface area (Å²) in [4.78, 5) is 23.7. The van der Waals surface area contributed by atoms with Gasteiger partial charge in [-0.2, -0.15) is 0 Å². The summed E-state index contributed by atoms with van der Waals surface area (Å²) in [7, 11) is 1.57. The highest BCUT2D eigenvalue weighted by Crippen LogP contribution is 2.32. The Bertz CT molecular complexity index is 741. The Labute approximate surface area is 142 Å². The lowest BCUT2D eigenvalue weighted by Crippen LogP contribution is -2.25. The maximum atomic E-state index is 12.2.